The van der Waals surface area contributed by atoms with Gasteiger partial charge in [-0.1, -0.05) is 18.2 Å². The highest BCUT2D eigenvalue weighted by Crippen LogP contribution is 2.27. The molecule has 0 unspecified atom stereocenters. The van der Waals surface area contributed by atoms with Gasteiger partial charge >= 0.3 is 0 Å². The topological polar surface area (TPSA) is 55.3 Å². The number of ether oxygens (including phenoxy) is 1. The molecule has 1 aliphatic heterocycles. The zero-order valence-electron chi connectivity index (χ0n) is 12.0. The number of para-hydroxylation sites is 1. The number of carbonyl (C=O) groups excluding carboxylic acids is 1. The summed E-state index contributed by atoms with van der Waals surface area (Å²) in [5, 5.41) is 7.90. The zero-order chi connectivity index (χ0) is 14.7. The highest BCUT2D eigenvalue weighted by Gasteiger charge is 2.24. The van der Waals surface area contributed by atoms with Crippen LogP contribution in [0.2, 0.25) is 0 Å². The monoisotopic (exact) mass is 283 g/mol. The second-order valence-electron chi connectivity index (χ2n) is 4.88. The molecule has 108 valence electrons. The molecule has 2 heterocycles. The second kappa shape index (κ2) is 5.91. The van der Waals surface area contributed by atoms with Crippen molar-refractivity contribution in [3.8, 4) is 5.88 Å². The Balaban J connectivity index is 1.86. The molecule has 0 bridgehead atoms. The summed E-state index contributed by atoms with van der Waals surface area (Å²) >= 11 is 0. The lowest BCUT2D eigenvalue weighted by molar-refractivity contribution is 0.0979. The number of amides is 1. The van der Waals surface area contributed by atoms with Gasteiger partial charge in [-0.25, -0.2) is 0 Å². The third-order valence-electron chi connectivity index (χ3n) is 3.51. The van der Waals surface area contributed by atoms with Gasteiger partial charge in [-0.05, 0) is 37.5 Å². The molecular weight excluding hydrogens is 266 g/mol. The van der Waals surface area contributed by atoms with Crippen LogP contribution in [0.1, 0.15) is 29.4 Å². The van der Waals surface area contributed by atoms with Gasteiger partial charge in [-0.3, -0.25) is 4.79 Å². The molecule has 21 heavy (non-hydrogen) atoms. The normalized spacial score (nSPS) is 13.7. The van der Waals surface area contributed by atoms with E-state index in [4.69, 9.17) is 4.74 Å². The Bertz CT molecular complexity index is 640. The fraction of sp³-hybridized carbons (Fsp3) is 0.312. The van der Waals surface area contributed by atoms with Crippen molar-refractivity contribution in [3.05, 3.63) is 47.7 Å². The van der Waals surface area contributed by atoms with Crippen molar-refractivity contribution < 1.29 is 9.53 Å². The summed E-state index contributed by atoms with van der Waals surface area (Å²) in [7, 11) is 0. The van der Waals surface area contributed by atoms with E-state index < -0.39 is 0 Å². The van der Waals surface area contributed by atoms with Crippen molar-refractivity contribution >= 4 is 11.6 Å². The Kier molecular flexibility index (Phi) is 3.81. The average molecular weight is 283 g/mol. The molecule has 5 heteroatoms. The van der Waals surface area contributed by atoms with E-state index in [1.807, 2.05) is 25.1 Å². The first-order chi connectivity index (χ1) is 10.3. The quantitative estimate of drug-likeness (QED) is 0.868. The van der Waals surface area contributed by atoms with Crippen molar-refractivity contribution in [2.75, 3.05) is 18.1 Å². The predicted molar refractivity (Wildman–Crippen MR) is 79.6 cm³/mol. The van der Waals surface area contributed by atoms with Crippen LogP contribution in [0.25, 0.3) is 0 Å². The molecule has 5 nitrogen and oxygen atoms in total. The van der Waals surface area contributed by atoms with Crippen LogP contribution in [0.3, 0.4) is 0 Å². The number of anilines is 1. The van der Waals surface area contributed by atoms with E-state index in [2.05, 4.69) is 16.3 Å². The number of aryl methyl sites for hydroxylation is 1. The van der Waals surface area contributed by atoms with Crippen LogP contribution in [0.4, 0.5) is 5.69 Å². The lowest BCUT2D eigenvalue weighted by Gasteiger charge is -2.29. The molecule has 1 amide bonds. The average Bonchev–Trinajstić information content (AvgIpc) is 2.55. The fourth-order valence-electron chi connectivity index (χ4n) is 2.54. The van der Waals surface area contributed by atoms with Gasteiger partial charge in [-0.2, -0.15) is 0 Å². The molecule has 2 aromatic rings. The van der Waals surface area contributed by atoms with Crippen LogP contribution in [0, 0.1) is 0 Å². The smallest absolute Gasteiger partial charge is 0.278 e. The summed E-state index contributed by atoms with van der Waals surface area (Å²) in [6, 6.07) is 11.3. The number of aromatic nitrogens is 2. The molecule has 0 N–H and O–H groups in total. The molecule has 0 radical (unpaired) electrons. The number of rotatable bonds is 3. The molecule has 1 aromatic heterocycles. The highest BCUT2D eigenvalue weighted by atomic mass is 16.5. The molecule has 0 saturated carbocycles. The molecule has 3 rings (SSSR count). The first-order valence-electron chi connectivity index (χ1n) is 7.16. The number of hydrogen-bond donors (Lipinski definition) is 0. The summed E-state index contributed by atoms with van der Waals surface area (Å²) < 4.78 is 5.24. The summed E-state index contributed by atoms with van der Waals surface area (Å²) in [5.74, 6) is 0.325. The Morgan fingerprint density at radius 2 is 2.10 bits per heavy atom. The molecule has 1 aliphatic rings. The maximum absolute atomic E-state index is 12.6. The fourth-order valence-corrected chi connectivity index (χ4v) is 2.54. The van der Waals surface area contributed by atoms with Crippen LogP contribution in [0.5, 0.6) is 5.88 Å². The first-order valence-corrected chi connectivity index (χ1v) is 7.16. The standard InChI is InChI=1S/C16H17N3O2/c1-2-21-15-10-9-13(17-18-15)16(20)19-11-5-7-12-6-3-4-8-14(12)19/h3-4,6,8-10H,2,5,7,11H2,1H3. The predicted octanol–water partition coefficient (Wildman–Crippen LogP) is 2.47. The third kappa shape index (κ3) is 2.72. The van der Waals surface area contributed by atoms with Crippen molar-refractivity contribution in [3.63, 3.8) is 0 Å². The Hall–Kier alpha value is -2.43. The summed E-state index contributed by atoms with van der Waals surface area (Å²) in [5.41, 5.74) is 2.52. The first kappa shape index (κ1) is 13.5. The maximum Gasteiger partial charge on any atom is 0.278 e. The Morgan fingerprint density at radius 3 is 2.86 bits per heavy atom. The van der Waals surface area contributed by atoms with Crippen molar-refractivity contribution in [1.82, 2.24) is 10.2 Å². The molecule has 0 saturated heterocycles. The van der Waals surface area contributed by atoms with Crippen LogP contribution >= 0.6 is 0 Å². The van der Waals surface area contributed by atoms with Gasteiger partial charge in [0.25, 0.3) is 5.91 Å². The molecule has 0 spiro atoms. The van der Waals surface area contributed by atoms with Crippen molar-refractivity contribution in [1.29, 1.82) is 0 Å². The summed E-state index contributed by atoms with van der Waals surface area (Å²) in [4.78, 5) is 14.4. The van der Waals surface area contributed by atoms with E-state index in [0.717, 1.165) is 18.5 Å². The number of fused-ring (bicyclic) bond motifs is 1. The van der Waals surface area contributed by atoms with Gasteiger partial charge in [-0.15, -0.1) is 10.2 Å². The van der Waals surface area contributed by atoms with Gasteiger partial charge in [0.05, 0.1) is 6.61 Å². The molecular formula is C16H17N3O2. The zero-order valence-corrected chi connectivity index (χ0v) is 12.0. The number of benzene rings is 1. The summed E-state index contributed by atoms with van der Waals surface area (Å²) in [6.45, 7) is 3.12. The summed E-state index contributed by atoms with van der Waals surface area (Å²) in [6.07, 6.45) is 1.97. The van der Waals surface area contributed by atoms with E-state index in [0.29, 0.717) is 24.7 Å². The number of hydrogen-bond acceptors (Lipinski definition) is 4. The lowest BCUT2D eigenvalue weighted by atomic mass is 10.0. The molecule has 0 atom stereocenters. The van der Waals surface area contributed by atoms with Crippen molar-refractivity contribution in [2.24, 2.45) is 0 Å². The van der Waals surface area contributed by atoms with Gasteiger partial charge in [0.1, 0.15) is 0 Å². The van der Waals surface area contributed by atoms with Crippen LogP contribution < -0.4 is 9.64 Å². The third-order valence-corrected chi connectivity index (χ3v) is 3.51. The van der Waals surface area contributed by atoms with Crippen molar-refractivity contribution in [2.45, 2.75) is 19.8 Å². The molecule has 0 fully saturated rings. The van der Waals surface area contributed by atoms with E-state index >= 15 is 0 Å². The number of nitrogens with zero attached hydrogens (tertiary/aromatic N) is 3. The molecule has 1 aromatic carbocycles. The minimum atomic E-state index is -0.113. The lowest BCUT2D eigenvalue weighted by Crippen LogP contribution is -2.36. The van der Waals surface area contributed by atoms with Crippen LogP contribution in [-0.4, -0.2) is 29.3 Å². The minimum Gasteiger partial charge on any atom is -0.477 e. The second-order valence-corrected chi connectivity index (χ2v) is 4.88. The maximum atomic E-state index is 12.6. The van der Waals surface area contributed by atoms with E-state index in [9.17, 15) is 4.79 Å². The van der Waals surface area contributed by atoms with Gasteiger partial charge in [0, 0.05) is 18.3 Å². The van der Waals surface area contributed by atoms with Crippen LogP contribution in [0.15, 0.2) is 36.4 Å². The van der Waals surface area contributed by atoms with E-state index in [-0.39, 0.29) is 5.91 Å². The number of carbonyl (C=O) groups is 1. The van der Waals surface area contributed by atoms with Gasteiger partial charge < -0.3 is 9.64 Å². The Morgan fingerprint density at radius 1 is 1.24 bits per heavy atom. The largest absolute Gasteiger partial charge is 0.477 e. The van der Waals surface area contributed by atoms with Gasteiger partial charge in [0.15, 0.2) is 5.69 Å². The Labute approximate surface area is 123 Å². The highest BCUT2D eigenvalue weighted by molar-refractivity contribution is 6.05. The minimum absolute atomic E-state index is 0.113. The molecule has 0 aliphatic carbocycles. The SMILES string of the molecule is CCOc1ccc(C(=O)N2CCCc3ccccc32)nn1. The van der Waals surface area contributed by atoms with E-state index in [1.54, 1.807) is 17.0 Å². The van der Waals surface area contributed by atoms with E-state index in [1.165, 1.54) is 5.56 Å². The van der Waals surface area contributed by atoms with Crippen LogP contribution in [-0.2, 0) is 6.42 Å². The van der Waals surface area contributed by atoms with Gasteiger partial charge in [0.2, 0.25) is 5.88 Å².